The Balaban J connectivity index is 1.48. The first-order valence-corrected chi connectivity index (χ1v) is 13.1. The Bertz CT molecular complexity index is 1200. The molecule has 0 aliphatic carbocycles. The zero-order valence-electron chi connectivity index (χ0n) is 18.7. The summed E-state index contributed by atoms with van der Waals surface area (Å²) in [6.45, 7) is 0. The van der Waals surface area contributed by atoms with Crippen LogP contribution < -0.4 is 21.3 Å². The second-order valence-corrected chi connectivity index (χ2v) is 10.3. The van der Waals surface area contributed by atoms with E-state index < -0.39 is 11.9 Å². The van der Waals surface area contributed by atoms with Gasteiger partial charge in [0.15, 0.2) is 10.8 Å². The summed E-state index contributed by atoms with van der Waals surface area (Å²) >= 11 is 4.24. The number of nitrogens with zero attached hydrogens (tertiary/aromatic N) is 4. The second-order valence-electron chi connectivity index (χ2n) is 7.15. The molecule has 0 unspecified atom stereocenters. The lowest BCUT2D eigenvalue weighted by molar-refractivity contribution is -0.647. The van der Waals surface area contributed by atoms with Crippen molar-refractivity contribution < 1.29 is 28.7 Å². The van der Waals surface area contributed by atoms with Crippen LogP contribution in [-0.4, -0.2) is 64.4 Å². The topological polar surface area (TPSA) is 152 Å². The van der Waals surface area contributed by atoms with Gasteiger partial charge in [0.1, 0.15) is 18.5 Å². The predicted octanol–water partition coefficient (Wildman–Crippen LogP) is 0.463. The molecule has 1 fully saturated rings. The van der Waals surface area contributed by atoms with Crippen LogP contribution in [0, 0.1) is 0 Å². The van der Waals surface area contributed by atoms with Gasteiger partial charge in [-0.3, -0.25) is 14.5 Å². The lowest BCUT2D eigenvalue weighted by Gasteiger charge is -2.44. The first-order chi connectivity index (χ1) is 16.9. The van der Waals surface area contributed by atoms with Gasteiger partial charge in [-0.1, -0.05) is 9.83 Å². The highest BCUT2D eigenvalue weighted by Gasteiger charge is 2.46. The van der Waals surface area contributed by atoms with Crippen LogP contribution in [0.2, 0.25) is 0 Å². The van der Waals surface area contributed by atoms with E-state index in [9.17, 15) is 14.4 Å². The maximum absolute atomic E-state index is 13.0. The number of pyridine rings is 1. The van der Waals surface area contributed by atoms with Crippen LogP contribution >= 0.6 is 34.9 Å². The number of hydrogen-bond acceptors (Lipinski definition) is 12. The first-order valence-electron chi connectivity index (χ1n) is 10.2. The van der Waals surface area contributed by atoms with Gasteiger partial charge in [0.2, 0.25) is 18.3 Å². The molecule has 12 nitrogen and oxygen atoms in total. The smallest absolute Gasteiger partial charge is 0.379 e. The van der Waals surface area contributed by atoms with Gasteiger partial charge in [-0.2, -0.15) is 10.9 Å². The molecule has 1 atom stereocenters. The lowest BCUT2D eigenvalue weighted by atomic mass is 10.1. The fourth-order valence-corrected chi connectivity index (χ4v) is 6.12. The van der Waals surface area contributed by atoms with E-state index in [1.807, 2.05) is 31.6 Å². The summed E-state index contributed by atoms with van der Waals surface area (Å²) < 4.78 is 1.80. The molecule has 4 N–H and O–H groups in total. The maximum atomic E-state index is 13.0. The van der Waals surface area contributed by atoms with E-state index in [0.29, 0.717) is 17.9 Å². The number of hydroxylamine groups is 1. The third-order valence-corrected chi connectivity index (χ3v) is 8.04. The molecule has 0 bridgehead atoms. The molecule has 2 aromatic heterocycles. The van der Waals surface area contributed by atoms with Crippen molar-refractivity contribution in [2.24, 2.45) is 5.16 Å². The fourth-order valence-electron chi connectivity index (χ4n) is 3.29. The number of nitrogens with two attached hydrogens (primary N) is 1. The van der Waals surface area contributed by atoms with Gasteiger partial charge < -0.3 is 15.4 Å². The zero-order valence-corrected chi connectivity index (χ0v) is 21.2. The summed E-state index contributed by atoms with van der Waals surface area (Å²) in [5, 5.41) is 5.29. The van der Waals surface area contributed by atoms with Crippen molar-refractivity contribution in [1.82, 2.24) is 15.4 Å². The van der Waals surface area contributed by atoms with Crippen LogP contribution in [0.4, 0.5) is 5.13 Å². The van der Waals surface area contributed by atoms with Gasteiger partial charge in [0, 0.05) is 33.9 Å². The largest absolute Gasteiger partial charge is 0.398 e. The molecule has 0 saturated carbocycles. The molecular formula is C20H22N7O5S3+. The standard InChI is InChI=1S/C20H21N7O5S3/c1-22-26-5-3-12(4-6-26)33-8-11-9-34-15-7-14(28)27(15)17(11)19(30)32-25-18(29)16(24-31-2)13-10-35-20(21)23-13/h3-6,10,15,22H,7-9H2,1-2H3,(H2-,21,23,25,29)/p+1/b24-16-/t15-/m0/s1. The normalized spacial score (nSPS) is 17.4. The van der Waals surface area contributed by atoms with Gasteiger partial charge in [0.25, 0.3) is 0 Å². The monoisotopic (exact) mass is 536 g/mol. The number of nitrogen functional groups attached to an aromatic ring is 1. The van der Waals surface area contributed by atoms with E-state index in [2.05, 4.69) is 21.0 Å². The highest BCUT2D eigenvalue weighted by Crippen LogP contribution is 2.41. The number of oxime groups is 1. The lowest BCUT2D eigenvalue weighted by Crippen LogP contribution is -2.54. The number of amides is 2. The number of carbonyl (C=O) groups is 3. The SMILES string of the molecule is CN[n+]1ccc(SCC2=C(C(=O)ONC(=O)/C(=N\OC)c3csc(N)n3)N3C(=O)C[C@@H]3SC2)cc1. The molecule has 1 saturated heterocycles. The van der Waals surface area contributed by atoms with Crippen LogP contribution in [0.25, 0.3) is 0 Å². The Hall–Kier alpha value is -3.30. The number of thioether (sulfide) groups is 2. The van der Waals surface area contributed by atoms with Crippen LogP contribution in [0.3, 0.4) is 0 Å². The Morgan fingerprint density at radius 3 is 2.80 bits per heavy atom. The number of rotatable bonds is 8. The predicted molar refractivity (Wildman–Crippen MR) is 132 cm³/mol. The van der Waals surface area contributed by atoms with Gasteiger partial charge >= 0.3 is 11.9 Å². The number of hydrogen-bond donors (Lipinski definition) is 3. The molecule has 0 spiro atoms. The Kier molecular flexibility index (Phi) is 7.77. The van der Waals surface area contributed by atoms with Gasteiger partial charge in [-0.05, 0) is 5.57 Å². The minimum atomic E-state index is -0.846. The number of β-lactam (4-membered cyclic amide) rings is 1. The van der Waals surface area contributed by atoms with Crippen molar-refractivity contribution in [2.45, 2.75) is 16.7 Å². The van der Waals surface area contributed by atoms with E-state index in [0.717, 1.165) is 21.8 Å². The van der Waals surface area contributed by atoms with Crippen molar-refractivity contribution in [3.05, 3.63) is 46.9 Å². The van der Waals surface area contributed by atoms with Crippen LogP contribution in [0.15, 0.2) is 51.2 Å². The number of fused-ring (bicyclic) bond motifs is 1. The maximum Gasteiger partial charge on any atom is 0.379 e. The molecule has 2 aliphatic rings. The van der Waals surface area contributed by atoms with Crippen molar-refractivity contribution in [2.75, 3.05) is 36.8 Å². The fraction of sp³-hybridized carbons (Fsp3) is 0.300. The Morgan fingerprint density at radius 1 is 1.40 bits per heavy atom. The van der Waals surface area contributed by atoms with Gasteiger partial charge in [0.05, 0.1) is 18.8 Å². The summed E-state index contributed by atoms with van der Waals surface area (Å²) in [5.41, 5.74) is 11.6. The highest BCUT2D eigenvalue weighted by molar-refractivity contribution is 8.01. The minimum Gasteiger partial charge on any atom is -0.398 e. The molecule has 15 heteroatoms. The molecule has 2 aromatic rings. The molecule has 35 heavy (non-hydrogen) atoms. The molecule has 4 heterocycles. The summed E-state index contributed by atoms with van der Waals surface area (Å²) in [6.07, 6.45) is 4.11. The average molecular weight is 537 g/mol. The van der Waals surface area contributed by atoms with Gasteiger partial charge in [-0.25, -0.2) is 9.78 Å². The molecule has 0 aromatic carbocycles. The third kappa shape index (κ3) is 5.52. The molecule has 0 radical (unpaired) electrons. The van der Waals surface area contributed by atoms with Crippen molar-refractivity contribution in [1.29, 1.82) is 0 Å². The highest BCUT2D eigenvalue weighted by atomic mass is 32.2. The average Bonchev–Trinajstić information content (AvgIpc) is 3.29. The molecule has 2 amide bonds. The summed E-state index contributed by atoms with van der Waals surface area (Å²) in [4.78, 5) is 54.2. The zero-order chi connectivity index (χ0) is 24.9. The number of nitrogens with one attached hydrogen (secondary N) is 2. The molecular weight excluding hydrogens is 514 g/mol. The van der Waals surface area contributed by atoms with Crippen molar-refractivity contribution >= 4 is 63.5 Å². The van der Waals surface area contributed by atoms with E-state index in [1.165, 1.54) is 29.2 Å². The quantitative estimate of drug-likeness (QED) is 0.143. The summed E-state index contributed by atoms with van der Waals surface area (Å²) in [6, 6.07) is 3.88. The van der Waals surface area contributed by atoms with E-state index in [-0.39, 0.29) is 33.5 Å². The van der Waals surface area contributed by atoms with E-state index in [4.69, 9.17) is 15.4 Å². The van der Waals surface area contributed by atoms with Crippen molar-refractivity contribution in [3.63, 3.8) is 0 Å². The Labute approximate surface area is 212 Å². The molecule has 4 rings (SSSR count). The first kappa shape index (κ1) is 24.8. The van der Waals surface area contributed by atoms with E-state index in [1.54, 1.807) is 16.4 Å². The van der Waals surface area contributed by atoms with E-state index >= 15 is 0 Å². The summed E-state index contributed by atoms with van der Waals surface area (Å²) in [5.74, 6) is -0.807. The van der Waals surface area contributed by atoms with Gasteiger partial charge in [-0.15, -0.1) is 34.9 Å². The number of thiazole rings is 1. The number of carbonyl (C=O) groups excluding carboxylic acids is 3. The minimum absolute atomic E-state index is 0.121. The second kappa shape index (κ2) is 11.0. The Morgan fingerprint density at radius 2 is 2.17 bits per heavy atom. The van der Waals surface area contributed by atoms with Crippen LogP contribution in [0.1, 0.15) is 12.1 Å². The number of anilines is 1. The van der Waals surface area contributed by atoms with Crippen LogP contribution in [0.5, 0.6) is 0 Å². The summed E-state index contributed by atoms with van der Waals surface area (Å²) in [7, 11) is 3.08. The molecule has 184 valence electrons. The number of aromatic nitrogens is 2. The van der Waals surface area contributed by atoms with Crippen LogP contribution in [-0.2, 0) is 24.1 Å². The third-order valence-electron chi connectivity index (χ3n) is 4.99. The molecule has 2 aliphatic heterocycles. The van der Waals surface area contributed by atoms with Crippen molar-refractivity contribution in [3.8, 4) is 0 Å².